The van der Waals surface area contributed by atoms with Gasteiger partial charge in [0.2, 0.25) is 0 Å². The number of halogens is 4. The third kappa shape index (κ3) is 3.20. The van der Waals surface area contributed by atoms with Crippen molar-refractivity contribution in [2.24, 2.45) is 4.99 Å². The second-order valence-corrected chi connectivity index (χ2v) is 4.57. The molecule has 0 aromatic heterocycles. The fraction of sp³-hybridized carbons (Fsp3) is 0.133. The molecule has 0 radical (unpaired) electrons. The highest BCUT2D eigenvalue weighted by atomic mass is 35.5. The zero-order valence-corrected chi connectivity index (χ0v) is 11.3. The van der Waals surface area contributed by atoms with Gasteiger partial charge < -0.3 is 0 Å². The van der Waals surface area contributed by atoms with Crippen LogP contribution >= 0.6 is 11.6 Å². The predicted molar refractivity (Wildman–Crippen MR) is 74.7 cm³/mol. The van der Waals surface area contributed by atoms with Crippen molar-refractivity contribution in [1.82, 2.24) is 0 Å². The lowest BCUT2D eigenvalue weighted by Crippen LogP contribution is -2.07. The summed E-state index contributed by atoms with van der Waals surface area (Å²) in [6.45, 7) is 1.39. The highest BCUT2D eigenvalue weighted by Gasteiger charge is 2.32. The van der Waals surface area contributed by atoms with Crippen molar-refractivity contribution in [2.75, 3.05) is 0 Å². The molecule has 5 heteroatoms. The van der Waals surface area contributed by atoms with Crippen molar-refractivity contribution in [3.63, 3.8) is 0 Å². The van der Waals surface area contributed by atoms with E-state index in [-0.39, 0.29) is 16.4 Å². The van der Waals surface area contributed by atoms with E-state index in [4.69, 9.17) is 11.6 Å². The van der Waals surface area contributed by atoms with E-state index in [1.807, 2.05) is 6.07 Å². The number of rotatable bonds is 2. The molecule has 2 rings (SSSR count). The first-order valence-electron chi connectivity index (χ1n) is 5.86. The summed E-state index contributed by atoms with van der Waals surface area (Å²) in [5.74, 6) is 0. The molecular formula is C15H11ClF3N. The summed E-state index contributed by atoms with van der Waals surface area (Å²) in [6.07, 6.45) is -4.39. The minimum absolute atomic E-state index is 0.0640. The molecule has 0 amide bonds. The lowest BCUT2D eigenvalue weighted by Gasteiger charge is -2.11. The Morgan fingerprint density at radius 1 is 1.00 bits per heavy atom. The smallest absolute Gasteiger partial charge is 0.236 e. The number of hydrogen-bond acceptors (Lipinski definition) is 1. The molecule has 0 saturated heterocycles. The van der Waals surface area contributed by atoms with Crippen molar-refractivity contribution in [3.05, 3.63) is 65.2 Å². The summed E-state index contributed by atoms with van der Waals surface area (Å²) in [5, 5.41) is 0.160. The lowest BCUT2D eigenvalue weighted by molar-refractivity contribution is -0.138. The van der Waals surface area contributed by atoms with Crippen LogP contribution in [0.1, 0.15) is 16.7 Å². The molecule has 0 aliphatic heterocycles. The molecule has 2 aromatic rings. The van der Waals surface area contributed by atoms with Crippen LogP contribution in [-0.2, 0) is 6.18 Å². The van der Waals surface area contributed by atoms with E-state index in [9.17, 15) is 13.2 Å². The summed E-state index contributed by atoms with van der Waals surface area (Å²) < 4.78 is 38.4. The monoisotopic (exact) mass is 297 g/mol. The first-order chi connectivity index (χ1) is 9.39. The number of alkyl halides is 3. The van der Waals surface area contributed by atoms with Gasteiger partial charge in [-0.15, -0.1) is 0 Å². The molecule has 0 aliphatic rings. The first kappa shape index (κ1) is 14.6. The highest BCUT2D eigenvalue weighted by Crippen LogP contribution is 2.35. The number of benzene rings is 2. The Hall–Kier alpha value is -1.81. The van der Waals surface area contributed by atoms with E-state index in [1.165, 1.54) is 19.1 Å². The van der Waals surface area contributed by atoms with Gasteiger partial charge in [-0.1, -0.05) is 48.0 Å². The molecule has 0 N–H and O–H groups in total. The van der Waals surface area contributed by atoms with E-state index in [0.717, 1.165) is 6.07 Å². The van der Waals surface area contributed by atoms with Crippen molar-refractivity contribution in [2.45, 2.75) is 13.1 Å². The number of aliphatic imine (C=N–C) groups is 1. The largest absolute Gasteiger partial charge is 0.416 e. The van der Waals surface area contributed by atoms with Gasteiger partial charge in [-0.25, -0.2) is 4.99 Å². The summed E-state index contributed by atoms with van der Waals surface area (Å²) in [4.78, 5) is 4.09. The quantitative estimate of drug-likeness (QED) is 0.664. The molecule has 0 saturated carbocycles. The predicted octanol–water partition coefficient (Wildman–Crippen LogP) is 5.33. The minimum Gasteiger partial charge on any atom is -0.236 e. The molecular weight excluding hydrogens is 287 g/mol. The van der Waals surface area contributed by atoms with Gasteiger partial charge in [0, 0.05) is 5.56 Å². The molecule has 0 aliphatic carbocycles. The Morgan fingerprint density at radius 3 is 2.25 bits per heavy atom. The topological polar surface area (TPSA) is 12.4 Å². The Bertz CT molecular complexity index is 633. The van der Waals surface area contributed by atoms with Gasteiger partial charge in [0.05, 0.1) is 11.3 Å². The zero-order valence-electron chi connectivity index (χ0n) is 10.6. The van der Waals surface area contributed by atoms with Crippen LogP contribution in [0.4, 0.5) is 18.9 Å². The highest BCUT2D eigenvalue weighted by molar-refractivity contribution is 6.69. The molecule has 0 bridgehead atoms. The standard InChI is InChI=1S/C15H11ClF3N/c1-10-12(15(17,18)19)8-5-9-13(10)20-14(16)11-6-3-2-4-7-11/h2-9H,1H3. The van der Waals surface area contributed by atoms with Crippen molar-refractivity contribution >= 4 is 22.5 Å². The van der Waals surface area contributed by atoms with Crippen LogP contribution in [0.2, 0.25) is 0 Å². The minimum atomic E-state index is -4.39. The van der Waals surface area contributed by atoms with Crippen LogP contribution in [0.25, 0.3) is 0 Å². The summed E-state index contributed by atoms with van der Waals surface area (Å²) in [6, 6.07) is 12.7. The molecule has 0 spiro atoms. The fourth-order valence-corrected chi connectivity index (χ4v) is 2.01. The molecule has 0 fully saturated rings. The van der Waals surface area contributed by atoms with Crippen LogP contribution in [0.15, 0.2) is 53.5 Å². The molecule has 2 aromatic carbocycles. The van der Waals surface area contributed by atoms with Gasteiger partial charge in [-0.2, -0.15) is 13.2 Å². The Morgan fingerprint density at radius 2 is 1.65 bits per heavy atom. The second kappa shape index (κ2) is 5.67. The second-order valence-electron chi connectivity index (χ2n) is 4.22. The maximum Gasteiger partial charge on any atom is 0.416 e. The van der Waals surface area contributed by atoms with Gasteiger partial charge in [0.25, 0.3) is 0 Å². The van der Waals surface area contributed by atoms with Gasteiger partial charge in [-0.05, 0) is 24.6 Å². The van der Waals surface area contributed by atoms with Crippen LogP contribution in [0, 0.1) is 6.92 Å². The fourth-order valence-electron chi connectivity index (χ4n) is 1.80. The third-order valence-corrected chi connectivity index (χ3v) is 3.14. The average Bonchev–Trinajstić information content (AvgIpc) is 2.40. The third-order valence-electron chi connectivity index (χ3n) is 2.84. The van der Waals surface area contributed by atoms with Crippen LogP contribution in [0.5, 0.6) is 0 Å². The van der Waals surface area contributed by atoms with Crippen molar-refractivity contribution in [1.29, 1.82) is 0 Å². The molecule has 0 unspecified atom stereocenters. The average molecular weight is 298 g/mol. The van der Waals surface area contributed by atoms with Crippen molar-refractivity contribution in [3.8, 4) is 0 Å². The Balaban J connectivity index is 2.45. The van der Waals surface area contributed by atoms with Gasteiger partial charge in [0.1, 0.15) is 5.17 Å². The Kier molecular flexibility index (Phi) is 4.14. The SMILES string of the molecule is Cc1c(N=C(Cl)c2ccccc2)cccc1C(F)(F)F. The molecule has 104 valence electrons. The van der Waals surface area contributed by atoms with Crippen LogP contribution in [0.3, 0.4) is 0 Å². The maximum atomic E-state index is 12.8. The Labute approximate surface area is 119 Å². The van der Waals surface area contributed by atoms with E-state index >= 15 is 0 Å². The van der Waals surface area contributed by atoms with E-state index < -0.39 is 11.7 Å². The zero-order chi connectivity index (χ0) is 14.8. The maximum absolute atomic E-state index is 12.8. The summed E-state index contributed by atoms with van der Waals surface area (Å²) in [5.41, 5.74) is 0.241. The van der Waals surface area contributed by atoms with Gasteiger partial charge >= 0.3 is 6.18 Å². The summed E-state index contributed by atoms with van der Waals surface area (Å²) in [7, 11) is 0. The van der Waals surface area contributed by atoms with E-state index in [2.05, 4.69) is 4.99 Å². The molecule has 1 nitrogen and oxygen atoms in total. The van der Waals surface area contributed by atoms with E-state index in [0.29, 0.717) is 5.56 Å². The van der Waals surface area contributed by atoms with E-state index in [1.54, 1.807) is 24.3 Å². The van der Waals surface area contributed by atoms with Gasteiger partial charge in [0.15, 0.2) is 0 Å². The normalized spacial score (nSPS) is 12.6. The first-order valence-corrected chi connectivity index (χ1v) is 6.24. The van der Waals surface area contributed by atoms with Crippen molar-refractivity contribution < 1.29 is 13.2 Å². The lowest BCUT2D eigenvalue weighted by atomic mass is 10.1. The van der Waals surface area contributed by atoms with Crippen LogP contribution in [-0.4, -0.2) is 5.17 Å². The molecule has 0 atom stereocenters. The number of nitrogens with zero attached hydrogens (tertiary/aromatic N) is 1. The van der Waals surface area contributed by atoms with Gasteiger partial charge in [-0.3, -0.25) is 0 Å². The van der Waals surface area contributed by atoms with Crippen LogP contribution < -0.4 is 0 Å². The molecule has 20 heavy (non-hydrogen) atoms. The summed E-state index contributed by atoms with van der Waals surface area (Å²) >= 11 is 6.05. The molecule has 0 heterocycles. The number of hydrogen-bond donors (Lipinski definition) is 0.